The van der Waals surface area contributed by atoms with Crippen LogP contribution in [0.5, 0.6) is 0 Å². The van der Waals surface area contributed by atoms with Gasteiger partial charge >= 0.3 is 0 Å². The van der Waals surface area contributed by atoms with Crippen molar-refractivity contribution in [1.29, 1.82) is 0 Å². The van der Waals surface area contributed by atoms with Gasteiger partial charge in [0.25, 0.3) is 0 Å². The molecule has 0 aliphatic carbocycles. The molecule has 0 bridgehead atoms. The summed E-state index contributed by atoms with van der Waals surface area (Å²) < 4.78 is 0. The standard InChI is InChI=1S/C18H30N2/c1-5-11-19-17-10-12-20(15(4)13-17)18-8-6-16(7-9-18)14(2)3/h6-9,14-15,17,19H,5,10-13H2,1-4H3. The van der Waals surface area contributed by atoms with Crippen LogP contribution in [0.1, 0.15) is 58.4 Å². The minimum Gasteiger partial charge on any atom is -0.369 e. The summed E-state index contributed by atoms with van der Waals surface area (Å²) in [5.41, 5.74) is 2.82. The second-order valence-corrected chi connectivity index (χ2v) is 6.46. The topological polar surface area (TPSA) is 15.3 Å². The fourth-order valence-corrected chi connectivity index (χ4v) is 3.14. The van der Waals surface area contributed by atoms with E-state index >= 15 is 0 Å². The first kappa shape index (κ1) is 15.4. The van der Waals surface area contributed by atoms with E-state index in [-0.39, 0.29) is 0 Å². The maximum Gasteiger partial charge on any atom is 0.0368 e. The molecule has 1 aromatic rings. The lowest BCUT2D eigenvalue weighted by Crippen LogP contribution is -2.47. The van der Waals surface area contributed by atoms with E-state index in [4.69, 9.17) is 0 Å². The largest absolute Gasteiger partial charge is 0.369 e. The van der Waals surface area contributed by atoms with Crippen LogP contribution in [-0.2, 0) is 0 Å². The highest BCUT2D eigenvalue weighted by Gasteiger charge is 2.25. The van der Waals surface area contributed by atoms with Gasteiger partial charge in [-0.05, 0) is 56.3 Å². The number of nitrogens with zero attached hydrogens (tertiary/aromatic N) is 1. The minimum absolute atomic E-state index is 0.616. The number of rotatable bonds is 5. The summed E-state index contributed by atoms with van der Waals surface area (Å²) in [5, 5.41) is 3.67. The zero-order valence-electron chi connectivity index (χ0n) is 13.5. The molecule has 0 spiro atoms. The van der Waals surface area contributed by atoms with Crippen LogP contribution in [0.25, 0.3) is 0 Å². The predicted octanol–water partition coefficient (Wildman–Crippen LogP) is 4.17. The first-order chi connectivity index (χ1) is 9.61. The zero-order valence-corrected chi connectivity index (χ0v) is 13.5. The van der Waals surface area contributed by atoms with Gasteiger partial charge in [0.05, 0.1) is 0 Å². The van der Waals surface area contributed by atoms with Gasteiger partial charge in [0, 0.05) is 24.3 Å². The van der Waals surface area contributed by atoms with Gasteiger partial charge in [0.2, 0.25) is 0 Å². The number of piperidine rings is 1. The summed E-state index contributed by atoms with van der Waals surface area (Å²) in [4.78, 5) is 2.56. The van der Waals surface area contributed by atoms with Gasteiger partial charge in [-0.1, -0.05) is 32.9 Å². The molecule has 0 radical (unpaired) electrons. The highest BCUT2D eigenvalue weighted by atomic mass is 15.2. The van der Waals surface area contributed by atoms with Crippen molar-refractivity contribution in [2.75, 3.05) is 18.0 Å². The third-order valence-electron chi connectivity index (χ3n) is 4.45. The molecule has 2 nitrogen and oxygen atoms in total. The first-order valence-electron chi connectivity index (χ1n) is 8.21. The summed E-state index contributed by atoms with van der Waals surface area (Å²) in [6.07, 6.45) is 3.74. The molecule has 112 valence electrons. The summed E-state index contributed by atoms with van der Waals surface area (Å²) in [7, 11) is 0. The molecule has 1 heterocycles. The Hall–Kier alpha value is -1.02. The van der Waals surface area contributed by atoms with Crippen LogP contribution in [0.4, 0.5) is 5.69 Å². The highest BCUT2D eigenvalue weighted by Crippen LogP contribution is 2.26. The molecule has 0 amide bonds. The van der Waals surface area contributed by atoms with Gasteiger partial charge in [-0.25, -0.2) is 0 Å². The van der Waals surface area contributed by atoms with Crippen molar-refractivity contribution in [3.63, 3.8) is 0 Å². The van der Waals surface area contributed by atoms with E-state index < -0.39 is 0 Å². The van der Waals surface area contributed by atoms with E-state index in [1.165, 1.54) is 37.1 Å². The van der Waals surface area contributed by atoms with Crippen LogP contribution >= 0.6 is 0 Å². The fraction of sp³-hybridized carbons (Fsp3) is 0.667. The van der Waals surface area contributed by atoms with Crippen molar-refractivity contribution in [1.82, 2.24) is 5.32 Å². The molecule has 2 rings (SSSR count). The van der Waals surface area contributed by atoms with Gasteiger partial charge in [-0.15, -0.1) is 0 Å². The van der Waals surface area contributed by atoms with E-state index in [2.05, 4.69) is 62.2 Å². The Bertz CT molecular complexity index is 396. The Labute approximate surface area is 124 Å². The van der Waals surface area contributed by atoms with Gasteiger partial charge in [-0.2, -0.15) is 0 Å². The summed E-state index contributed by atoms with van der Waals surface area (Å²) in [6, 6.07) is 10.5. The summed E-state index contributed by atoms with van der Waals surface area (Å²) >= 11 is 0. The lowest BCUT2D eigenvalue weighted by molar-refractivity contribution is 0.369. The SMILES string of the molecule is CCCNC1CCN(c2ccc(C(C)C)cc2)C(C)C1. The van der Waals surface area contributed by atoms with Crippen LogP contribution in [-0.4, -0.2) is 25.2 Å². The van der Waals surface area contributed by atoms with Crippen molar-refractivity contribution in [3.05, 3.63) is 29.8 Å². The van der Waals surface area contributed by atoms with Crippen LogP contribution < -0.4 is 10.2 Å². The molecule has 1 fully saturated rings. The van der Waals surface area contributed by atoms with E-state index in [0.29, 0.717) is 18.0 Å². The number of benzene rings is 1. The van der Waals surface area contributed by atoms with Crippen molar-refractivity contribution in [2.45, 2.75) is 65.0 Å². The van der Waals surface area contributed by atoms with Crippen molar-refractivity contribution >= 4 is 5.69 Å². The lowest BCUT2D eigenvalue weighted by Gasteiger charge is -2.39. The average molecular weight is 274 g/mol. The molecule has 1 aromatic carbocycles. The van der Waals surface area contributed by atoms with Gasteiger partial charge in [0.15, 0.2) is 0 Å². The molecule has 0 aromatic heterocycles. The third-order valence-corrected chi connectivity index (χ3v) is 4.45. The molecule has 1 N–H and O–H groups in total. The molecule has 1 aliphatic heterocycles. The second kappa shape index (κ2) is 7.12. The maximum atomic E-state index is 3.67. The van der Waals surface area contributed by atoms with Crippen LogP contribution in [0.15, 0.2) is 24.3 Å². The zero-order chi connectivity index (χ0) is 14.5. The number of nitrogens with one attached hydrogen (secondary N) is 1. The molecule has 1 saturated heterocycles. The molecule has 2 atom stereocenters. The number of hydrogen-bond donors (Lipinski definition) is 1. The van der Waals surface area contributed by atoms with Crippen molar-refractivity contribution in [2.24, 2.45) is 0 Å². The van der Waals surface area contributed by atoms with Crippen LogP contribution in [0, 0.1) is 0 Å². The first-order valence-corrected chi connectivity index (χ1v) is 8.21. The Morgan fingerprint density at radius 2 is 1.95 bits per heavy atom. The average Bonchev–Trinajstić information content (AvgIpc) is 2.45. The fourth-order valence-electron chi connectivity index (χ4n) is 3.14. The molecule has 2 unspecified atom stereocenters. The molecular weight excluding hydrogens is 244 g/mol. The van der Waals surface area contributed by atoms with Gasteiger partial charge in [0.1, 0.15) is 0 Å². The third kappa shape index (κ3) is 3.76. The highest BCUT2D eigenvalue weighted by molar-refractivity contribution is 5.49. The predicted molar refractivity (Wildman–Crippen MR) is 88.7 cm³/mol. The summed E-state index contributed by atoms with van der Waals surface area (Å²) in [6.45, 7) is 11.4. The molecule has 20 heavy (non-hydrogen) atoms. The van der Waals surface area contributed by atoms with Gasteiger partial charge in [-0.3, -0.25) is 0 Å². The Morgan fingerprint density at radius 3 is 2.50 bits per heavy atom. The number of hydrogen-bond acceptors (Lipinski definition) is 2. The van der Waals surface area contributed by atoms with Gasteiger partial charge < -0.3 is 10.2 Å². The summed E-state index contributed by atoms with van der Waals surface area (Å²) in [5.74, 6) is 0.616. The van der Waals surface area contributed by atoms with Crippen LogP contribution in [0.2, 0.25) is 0 Å². The quantitative estimate of drug-likeness (QED) is 0.867. The van der Waals surface area contributed by atoms with E-state index in [0.717, 1.165) is 6.54 Å². The number of anilines is 1. The van der Waals surface area contributed by atoms with E-state index in [9.17, 15) is 0 Å². The Morgan fingerprint density at radius 1 is 1.25 bits per heavy atom. The Kier molecular flexibility index (Phi) is 5.47. The lowest BCUT2D eigenvalue weighted by atomic mass is 9.96. The van der Waals surface area contributed by atoms with Crippen molar-refractivity contribution < 1.29 is 0 Å². The van der Waals surface area contributed by atoms with Crippen LogP contribution in [0.3, 0.4) is 0 Å². The Balaban J connectivity index is 1.96. The normalized spacial score (nSPS) is 23.4. The molecule has 0 saturated carbocycles. The maximum absolute atomic E-state index is 3.67. The molecular formula is C18H30N2. The monoisotopic (exact) mass is 274 g/mol. The molecule has 1 aliphatic rings. The van der Waals surface area contributed by atoms with Crippen molar-refractivity contribution in [3.8, 4) is 0 Å². The smallest absolute Gasteiger partial charge is 0.0368 e. The van der Waals surface area contributed by atoms with E-state index in [1.807, 2.05) is 0 Å². The minimum atomic E-state index is 0.616. The van der Waals surface area contributed by atoms with E-state index in [1.54, 1.807) is 0 Å². The second-order valence-electron chi connectivity index (χ2n) is 6.46. The molecule has 2 heteroatoms.